The number of rotatable bonds is 2. The van der Waals surface area contributed by atoms with E-state index in [0.29, 0.717) is 11.9 Å². The summed E-state index contributed by atoms with van der Waals surface area (Å²) in [5, 5.41) is 0. The van der Waals surface area contributed by atoms with Crippen LogP contribution >= 0.6 is 11.6 Å². The van der Waals surface area contributed by atoms with Crippen LogP contribution in [0.1, 0.15) is 12.8 Å². The van der Waals surface area contributed by atoms with Crippen molar-refractivity contribution in [2.45, 2.75) is 18.9 Å². The van der Waals surface area contributed by atoms with E-state index in [9.17, 15) is 0 Å². The van der Waals surface area contributed by atoms with Crippen molar-refractivity contribution in [2.24, 2.45) is 0 Å². The van der Waals surface area contributed by atoms with E-state index in [4.69, 9.17) is 11.6 Å². The lowest BCUT2D eigenvalue weighted by Gasteiger charge is -2.23. The number of halogens is 1. The SMILES string of the molecule is ClCC1CCCN1c1cnccn1. The molecule has 2 rings (SSSR count). The van der Waals surface area contributed by atoms with Crippen LogP contribution in [0.15, 0.2) is 18.6 Å². The Morgan fingerprint density at radius 3 is 3.15 bits per heavy atom. The van der Waals surface area contributed by atoms with E-state index in [2.05, 4.69) is 14.9 Å². The summed E-state index contributed by atoms with van der Waals surface area (Å²) in [5.41, 5.74) is 0. The monoisotopic (exact) mass is 197 g/mol. The molecule has 0 spiro atoms. The second-order valence-corrected chi connectivity index (χ2v) is 3.52. The zero-order valence-corrected chi connectivity index (χ0v) is 8.11. The maximum absolute atomic E-state index is 5.86. The lowest BCUT2D eigenvalue weighted by atomic mass is 10.2. The third kappa shape index (κ3) is 1.75. The Balaban J connectivity index is 2.16. The molecule has 0 bridgehead atoms. The Labute approximate surface area is 82.8 Å². The summed E-state index contributed by atoms with van der Waals surface area (Å²) in [6.45, 7) is 1.05. The van der Waals surface area contributed by atoms with Crippen molar-refractivity contribution in [3.8, 4) is 0 Å². The summed E-state index contributed by atoms with van der Waals surface area (Å²) in [4.78, 5) is 10.6. The summed E-state index contributed by atoms with van der Waals surface area (Å²) in [6, 6.07) is 0.443. The molecule has 0 N–H and O–H groups in total. The van der Waals surface area contributed by atoms with Gasteiger partial charge in [0.15, 0.2) is 0 Å². The molecule has 3 nitrogen and oxygen atoms in total. The first-order chi connectivity index (χ1) is 6.42. The highest BCUT2D eigenvalue weighted by Gasteiger charge is 2.24. The highest BCUT2D eigenvalue weighted by molar-refractivity contribution is 6.18. The molecule has 13 heavy (non-hydrogen) atoms. The molecule has 1 aromatic heterocycles. The number of aromatic nitrogens is 2. The van der Waals surface area contributed by atoms with Gasteiger partial charge in [-0.1, -0.05) is 0 Å². The fourth-order valence-electron chi connectivity index (χ4n) is 1.74. The Morgan fingerprint density at radius 2 is 2.46 bits per heavy atom. The maximum Gasteiger partial charge on any atom is 0.147 e. The van der Waals surface area contributed by atoms with E-state index < -0.39 is 0 Å². The van der Waals surface area contributed by atoms with E-state index in [0.717, 1.165) is 12.4 Å². The van der Waals surface area contributed by atoms with Gasteiger partial charge in [-0.05, 0) is 12.8 Å². The molecule has 0 aliphatic carbocycles. The normalized spacial score (nSPS) is 22.2. The Bertz CT molecular complexity index is 265. The summed E-state index contributed by atoms with van der Waals surface area (Å²) in [7, 11) is 0. The zero-order valence-electron chi connectivity index (χ0n) is 7.36. The third-order valence-corrected chi connectivity index (χ3v) is 2.76. The van der Waals surface area contributed by atoms with Gasteiger partial charge in [-0.3, -0.25) is 4.98 Å². The number of nitrogens with zero attached hydrogens (tertiary/aromatic N) is 3. The second-order valence-electron chi connectivity index (χ2n) is 3.21. The largest absolute Gasteiger partial charge is 0.351 e. The molecular formula is C9H12ClN3. The number of anilines is 1. The first kappa shape index (κ1) is 8.75. The van der Waals surface area contributed by atoms with Crippen molar-refractivity contribution in [3.05, 3.63) is 18.6 Å². The van der Waals surface area contributed by atoms with Crippen molar-refractivity contribution in [1.29, 1.82) is 0 Å². The predicted octanol–water partition coefficient (Wildman–Crippen LogP) is 1.68. The lowest BCUT2D eigenvalue weighted by molar-refractivity contribution is 0.732. The highest BCUT2D eigenvalue weighted by Crippen LogP contribution is 2.23. The van der Waals surface area contributed by atoms with E-state index in [1.807, 2.05) is 0 Å². The molecule has 1 aliphatic heterocycles. The van der Waals surface area contributed by atoms with Crippen LogP contribution in [0, 0.1) is 0 Å². The average molecular weight is 198 g/mol. The van der Waals surface area contributed by atoms with Crippen molar-refractivity contribution in [2.75, 3.05) is 17.3 Å². The van der Waals surface area contributed by atoms with Gasteiger partial charge in [-0.15, -0.1) is 11.6 Å². The van der Waals surface area contributed by atoms with Gasteiger partial charge < -0.3 is 4.90 Å². The van der Waals surface area contributed by atoms with Crippen LogP contribution in [0.4, 0.5) is 5.82 Å². The van der Waals surface area contributed by atoms with Crippen molar-refractivity contribution >= 4 is 17.4 Å². The molecule has 1 fully saturated rings. The van der Waals surface area contributed by atoms with Crippen molar-refractivity contribution in [3.63, 3.8) is 0 Å². The minimum Gasteiger partial charge on any atom is -0.351 e. The van der Waals surface area contributed by atoms with Gasteiger partial charge in [-0.25, -0.2) is 4.98 Å². The van der Waals surface area contributed by atoms with Gasteiger partial charge in [0.25, 0.3) is 0 Å². The number of hydrogen-bond acceptors (Lipinski definition) is 3. The van der Waals surface area contributed by atoms with Crippen LogP contribution in [0.2, 0.25) is 0 Å². The summed E-state index contributed by atoms with van der Waals surface area (Å²) in [5.74, 6) is 1.63. The van der Waals surface area contributed by atoms with Gasteiger partial charge in [0, 0.05) is 30.9 Å². The minimum absolute atomic E-state index is 0.443. The second kappa shape index (κ2) is 3.92. The summed E-state index contributed by atoms with van der Waals surface area (Å²) >= 11 is 5.86. The molecule has 1 aliphatic rings. The fraction of sp³-hybridized carbons (Fsp3) is 0.556. The molecule has 0 amide bonds. The molecular weight excluding hydrogens is 186 g/mol. The first-order valence-electron chi connectivity index (χ1n) is 4.50. The molecule has 70 valence electrons. The van der Waals surface area contributed by atoms with Crippen molar-refractivity contribution in [1.82, 2.24) is 9.97 Å². The molecule has 1 saturated heterocycles. The van der Waals surface area contributed by atoms with Gasteiger partial charge in [0.2, 0.25) is 0 Å². The molecule has 1 atom stereocenters. The molecule has 0 saturated carbocycles. The summed E-state index contributed by atoms with van der Waals surface area (Å²) in [6.07, 6.45) is 7.58. The molecule has 0 aromatic carbocycles. The lowest BCUT2D eigenvalue weighted by Crippen LogP contribution is -2.31. The quantitative estimate of drug-likeness (QED) is 0.676. The van der Waals surface area contributed by atoms with Crippen LogP contribution in [-0.4, -0.2) is 28.4 Å². The Kier molecular flexibility index (Phi) is 2.64. The Morgan fingerprint density at radius 1 is 1.54 bits per heavy atom. The molecule has 1 aromatic rings. The zero-order chi connectivity index (χ0) is 9.10. The average Bonchev–Trinajstić information content (AvgIpc) is 2.67. The standard InChI is InChI=1S/C9H12ClN3/c10-6-8-2-1-5-13(8)9-7-11-3-4-12-9/h3-4,7-8H,1-2,5-6H2. The summed E-state index contributed by atoms with van der Waals surface area (Å²) < 4.78 is 0. The highest BCUT2D eigenvalue weighted by atomic mass is 35.5. The van der Waals surface area contributed by atoms with Crippen LogP contribution in [0.5, 0.6) is 0 Å². The topological polar surface area (TPSA) is 29.0 Å². The Hall–Kier alpha value is -0.830. The maximum atomic E-state index is 5.86. The first-order valence-corrected chi connectivity index (χ1v) is 5.04. The van der Waals surface area contributed by atoms with Crippen molar-refractivity contribution < 1.29 is 0 Å². The van der Waals surface area contributed by atoms with Crippen LogP contribution in [0.3, 0.4) is 0 Å². The van der Waals surface area contributed by atoms with Crippen LogP contribution < -0.4 is 4.90 Å². The fourth-order valence-corrected chi connectivity index (χ4v) is 2.06. The number of alkyl halides is 1. The van der Waals surface area contributed by atoms with Gasteiger partial charge in [0.05, 0.1) is 6.20 Å². The van der Waals surface area contributed by atoms with E-state index in [-0.39, 0.29) is 0 Å². The van der Waals surface area contributed by atoms with E-state index >= 15 is 0 Å². The smallest absolute Gasteiger partial charge is 0.147 e. The van der Waals surface area contributed by atoms with E-state index in [1.165, 1.54) is 12.8 Å². The molecule has 1 unspecified atom stereocenters. The molecule has 2 heterocycles. The van der Waals surface area contributed by atoms with Crippen LogP contribution in [-0.2, 0) is 0 Å². The minimum atomic E-state index is 0.443. The predicted molar refractivity (Wildman–Crippen MR) is 53.1 cm³/mol. The molecule has 4 heteroatoms. The third-order valence-electron chi connectivity index (χ3n) is 2.40. The molecule has 0 radical (unpaired) electrons. The van der Waals surface area contributed by atoms with Gasteiger partial charge in [-0.2, -0.15) is 0 Å². The van der Waals surface area contributed by atoms with E-state index in [1.54, 1.807) is 18.6 Å². The van der Waals surface area contributed by atoms with Gasteiger partial charge in [0.1, 0.15) is 5.82 Å². The van der Waals surface area contributed by atoms with Crippen LogP contribution in [0.25, 0.3) is 0 Å². The number of hydrogen-bond donors (Lipinski definition) is 0. The van der Waals surface area contributed by atoms with Gasteiger partial charge >= 0.3 is 0 Å².